The quantitative estimate of drug-likeness (QED) is 0.533. The van der Waals surface area contributed by atoms with Crippen molar-refractivity contribution in [2.45, 2.75) is 19.1 Å². The van der Waals surface area contributed by atoms with E-state index >= 15 is 0 Å². The van der Waals surface area contributed by atoms with Gasteiger partial charge in [0.2, 0.25) is 0 Å². The lowest BCUT2D eigenvalue weighted by molar-refractivity contribution is -0.146. The molecule has 0 aliphatic carbocycles. The molecule has 5 nitrogen and oxygen atoms in total. The van der Waals surface area contributed by atoms with Gasteiger partial charge in [-0.15, -0.1) is 11.6 Å². The number of ketones is 1. The van der Waals surface area contributed by atoms with Gasteiger partial charge in [-0.1, -0.05) is 6.07 Å². The van der Waals surface area contributed by atoms with Crippen LogP contribution in [-0.4, -0.2) is 33.0 Å². The van der Waals surface area contributed by atoms with E-state index in [1.807, 2.05) is 0 Å². The molecule has 98 valence electrons. The second kappa shape index (κ2) is 6.49. The number of carboxylic acid groups (broad SMARTS) is 1. The van der Waals surface area contributed by atoms with Crippen molar-refractivity contribution < 1.29 is 24.9 Å². The molecule has 3 N–H and O–H groups in total. The van der Waals surface area contributed by atoms with Gasteiger partial charge in [0, 0.05) is 17.9 Å². The lowest BCUT2D eigenvalue weighted by Gasteiger charge is -2.10. The van der Waals surface area contributed by atoms with Crippen LogP contribution in [0.25, 0.3) is 0 Å². The van der Waals surface area contributed by atoms with E-state index in [4.69, 9.17) is 21.8 Å². The van der Waals surface area contributed by atoms with Crippen molar-refractivity contribution in [2.24, 2.45) is 0 Å². The molecule has 18 heavy (non-hydrogen) atoms. The van der Waals surface area contributed by atoms with Gasteiger partial charge in [-0.25, -0.2) is 4.79 Å². The number of benzene rings is 1. The van der Waals surface area contributed by atoms with Crippen LogP contribution in [0.1, 0.15) is 34.0 Å². The first-order valence-corrected chi connectivity index (χ1v) is 5.77. The third-order valence-electron chi connectivity index (χ3n) is 2.39. The zero-order valence-corrected chi connectivity index (χ0v) is 10.2. The topological polar surface area (TPSA) is 94.8 Å². The predicted molar refractivity (Wildman–Crippen MR) is 64.6 cm³/mol. The number of aliphatic hydroxyl groups is 2. The Kier molecular flexibility index (Phi) is 5.27. The second-order valence-corrected chi connectivity index (χ2v) is 4.10. The number of carbonyl (C=O) groups excluding carboxylic acids is 1. The smallest absolute Gasteiger partial charge is 0.337 e. The van der Waals surface area contributed by atoms with Crippen LogP contribution in [-0.2, 0) is 11.4 Å². The molecule has 1 aromatic carbocycles. The number of carboxylic acids is 1. The van der Waals surface area contributed by atoms with Crippen molar-refractivity contribution in [3.05, 3.63) is 34.9 Å². The van der Waals surface area contributed by atoms with Gasteiger partial charge in [0.15, 0.2) is 11.9 Å². The Balaban J connectivity index is 3.16. The van der Waals surface area contributed by atoms with E-state index in [1.54, 1.807) is 0 Å². The van der Waals surface area contributed by atoms with E-state index in [1.165, 1.54) is 18.2 Å². The Morgan fingerprint density at radius 1 is 1.28 bits per heavy atom. The molecular weight excluding hydrogens is 260 g/mol. The number of rotatable bonds is 6. The highest BCUT2D eigenvalue weighted by Gasteiger charge is 2.18. The van der Waals surface area contributed by atoms with E-state index in [9.17, 15) is 14.7 Å². The molecule has 0 saturated carbocycles. The number of aliphatic hydroxyl groups excluding tert-OH is 2. The molecule has 1 rings (SSSR count). The minimum atomic E-state index is -1.72. The fourth-order valence-electron chi connectivity index (χ4n) is 1.50. The number of carbonyl (C=O) groups is 2. The third-order valence-corrected chi connectivity index (χ3v) is 2.58. The molecule has 0 fully saturated rings. The first-order valence-electron chi connectivity index (χ1n) is 5.24. The number of Topliss-reactive ketones (excluding diaryl/α,β-unsaturated/α-hetero) is 1. The number of hydrogen-bond donors (Lipinski definition) is 3. The van der Waals surface area contributed by atoms with Crippen LogP contribution in [0.2, 0.25) is 0 Å². The monoisotopic (exact) mass is 272 g/mol. The first kappa shape index (κ1) is 14.6. The van der Waals surface area contributed by atoms with Crippen molar-refractivity contribution in [1.29, 1.82) is 0 Å². The summed E-state index contributed by atoms with van der Waals surface area (Å²) in [5.74, 6) is -1.53. The Bertz CT molecular complexity index is 458. The number of hydrogen-bond acceptors (Lipinski definition) is 4. The average molecular weight is 273 g/mol. The van der Waals surface area contributed by atoms with E-state index in [-0.39, 0.29) is 35.8 Å². The molecule has 0 amide bonds. The maximum absolute atomic E-state index is 11.7. The van der Waals surface area contributed by atoms with Gasteiger partial charge in [-0.05, 0) is 23.3 Å². The van der Waals surface area contributed by atoms with Gasteiger partial charge in [0.05, 0.1) is 6.61 Å². The van der Waals surface area contributed by atoms with E-state index in [0.29, 0.717) is 5.56 Å². The Labute approximate surface area is 109 Å². The van der Waals surface area contributed by atoms with Gasteiger partial charge >= 0.3 is 5.97 Å². The van der Waals surface area contributed by atoms with E-state index in [0.717, 1.165) is 0 Å². The van der Waals surface area contributed by atoms with Gasteiger partial charge in [0.25, 0.3) is 0 Å². The summed E-state index contributed by atoms with van der Waals surface area (Å²) in [7, 11) is 0. The summed E-state index contributed by atoms with van der Waals surface area (Å²) in [5, 5.41) is 27.2. The standard InChI is InChI=1S/C12H13ClO5/c13-2-1-10(15)8-3-7(6-14)4-9(5-8)11(16)12(17)18/h3-5,11,14,16H,1-2,6H2,(H,17,18). The Morgan fingerprint density at radius 2 is 1.94 bits per heavy atom. The van der Waals surface area contributed by atoms with Crippen LogP contribution in [0.15, 0.2) is 18.2 Å². The van der Waals surface area contributed by atoms with Crippen molar-refractivity contribution in [3.63, 3.8) is 0 Å². The molecule has 0 aliphatic rings. The molecule has 0 aromatic heterocycles. The van der Waals surface area contributed by atoms with Gasteiger partial charge in [0.1, 0.15) is 0 Å². The fourth-order valence-corrected chi connectivity index (χ4v) is 1.67. The second-order valence-electron chi connectivity index (χ2n) is 3.72. The van der Waals surface area contributed by atoms with Crippen LogP contribution in [0.3, 0.4) is 0 Å². The highest BCUT2D eigenvalue weighted by atomic mass is 35.5. The summed E-state index contributed by atoms with van der Waals surface area (Å²) in [6.45, 7) is -0.346. The van der Waals surface area contributed by atoms with Crippen molar-refractivity contribution in [2.75, 3.05) is 5.88 Å². The molecule has 1 unspecified atom stereocenters. The number of aliphatic carboxylic acids is 1. The highest BCUT2D eigenvalue weighted by Crippen LogP contribution is 2.19. The van der Waals surface area contributed by atoms with Crippen LogP contribution >= 0.6 is 11.6 Å². The van der Waals surface area contributed by atoms with Gasteiger partial charge < -0.3 is 15.3 Å². The SMILES string of the molecule is O=C(CCCl)c1cc(CO)cc(C(O)C(=O)O)c1. The Hall–Kier alpha value is -1.43. The summed E-state index contributed by atoms with van der Waals surface area (Å²) in [6, 6.07) is 4.09. The summed E-state index contributed by atoms with van der Waals surface area (Å²) in [6.07, 6.45) is -1.61. The Morgan fingerprint density at radius 3 is 2.44 bits per heavy atom. The zero-order chi connectivity index (χ0) is 13.7. The summed E-state index contributed by atoms with van der Waals surface area (Å²) in [4.78, 5) is 22.4. The molecule has 0 saturated heterocycles. The van der Waals surface area contributed by atoms with E-state index in [2.05, 4.69) is 0 Å². The van der Waals surface area contributed by atoms with Crippen molar-refractivity contribution in [1.82, 2.24) is 0 Å². The van der Waals surface area contributed by atoms with Gasteiger partial charge in [-0.3, -0.25) is 4.79 Å². The molecule has 0 heterocycles. The lowest BCUT2D eigenvalue weighted by atomic mass is 9.99. The van der Waals surface area contributed by atoms with Gasteiger partial charge in [-0.2, -0.15) is 0 Å². The van der Waals surface area contributed by atoms with Crippen LogP contribution in [0, 0.1) is 0 Å². The molecule has 1 aromatic rings. The van der Waals surface area contributed by atoms with Crippen LogP contribution in [0.4, 0.5) is 0 Å². The van der Waals surface area contributed by atoms with Crippen molar-refractivity contribution in [3.8, 4) is 0 Å². The molecule has 0 radical (unpaired) electrons. The maximum Gasteiger partial charge on any atom is 0.337 e. The zero-order valence-electron chi connectivity index (χ0n) is 9.47. The molecular formula is C12H13ClO5. The van der Waals surface area contributed by atoms with Crippen LogP contribution in [0.5, 0.6) is 0 Å². The minimum absolute atomic E-state index is 0.0620. The molecule has 0 aliphatic heterocycles. The van der Waals surface area contributed by atoms with Crippen molar-refractivity contribution >= 4 is 23.4 Å². The summed E-state index contributed by atoms with van der Waals surface area (Å²) >= 11 is 5.46. The average Bonchev–Trinajstić information content (AvgIpc) is 2.37. The molecule has 1 atom stereocenters. The fraction of sp³-hybridized carbons (Fsp3) is 0.333. The lowest BCUT2D eigenvalue weighted by Crippen LogP contribution is -2.12. The largest absolute Gasteiger partial charge is 0.479 e. The number of alkyl halides is 1. The summed E-state index contributed by atoms with van der Waals surface area (Å²) in [5.41, 5.74) is 0.662. The highest BCUT2D eigenvalue weighted by molar-refractivity contribution is 6.19. The first-order chi connectivity index (χ1) is 8.49. The predicted octanol–water partition coefficient (Wildman–Crippen LogP) is 1.11. The number of halogens is 1. The maximum atomic E-state index is 11.7. The molecule has 0 bridgehead atoms. The summed E-state index contributed by atoms with van der Waals surface area (Å²) < 4.78 is 0. The van der Waals surface area contributed by atoms with E-state index < -0.39 is 12.1 Å². The molecule has 0 spiro atoms. The minimum Gasteiger partial charge on any atom is -0.479 e. The third kappa shape index (κ3) is 3.53. The van der Waals surface area contributed by atoms with Crippen LogP contribution < -0.4 is 0 Å². The molecule has 6 heteroatoms. The normalized spacial score (nSPS) is 12.2.